The van der Waals surface area contributed by atoms with Crippen molar-refractivity contribution < 1.29 is 82.0 Å². The molecular weight excluding hydrogens is 1560 g/mol. The zero-order valence-corrected chi connectivity index (χ0v) is 72.4. The van der Waals surface area contributed by atoms with Gasteiger partial charge < -0.3 is 77.7 Å². The SMILES string of the molecule is CC(C)C[C@@H](NC(=O)[C@@H](Cc1ccccc1)NC(=O)CNC(=O)[C@@H](CCCCNC(=O)c1cc(C2=C3C=CC(=[N+](C)C)C=C3[Si](C)(C)c3cc(N(C)C)ccc32)c(C(=O)[O-])s1)NC(=O)CCC(=O)O)C(=O)CCC(=O)N[C@H](CCCCNC(=O)c1cc(C2=C3C=CC(=[N+](C)C)C=C3[Si](C)(C)c3cc(N(C)C)ccc32)c(C(=O)[O-])s1)C(N)=O. The summed E-state index contributed by atoms with van der Waals surface area (Å²) in [6.45, 7) is 12.2. The van der Waals surface area contributed by atoms with Crippen LogP contribution in [-0.2, 0) is 44.8 Å². The first kappa shape index (κ1) is 89.6. The van der Waals surface area contributed by atoms with Crippen molar-refractivity contribution in [1.82, 2.24) is 37.2 Å². The highest BCUT2D eigenvalue weighted by Crippen LogP contribution is 2.46. The molecule has 0 radical (unpaired) electrons. The molecule has 0 saturated carbocycles. The smallest absolute Gasteiger partial charge is 0.303 e. The number of Topliss-reactive ketones (excluding diaryl/α,β-unsaturated/α-hetero) is 1. The zero-order valence-electron chi connectivity index (χ0n) is 68.8. The summed E-state index contributed by atoms with van der Waals surface area (Å²) >= 11 is 1.62. The fraction of sp³-hybridized carbons (Fsp3) is 0.395. The lowest BCUT2D eigenvalue weighted by atomic mass is 9.89. The number of thiophene rings is 2. The molecule has 0 bridgehead atoms. The number of fused-ring (bicyclic) bond motifs is 4. The molecule has 8 amide bonds. The van der Waals surface area contributed by atoms with Gasteiger partial charge >= 0.3 is 5.97 Å². The largest absolute Gasteiger partial charge is 0.544 e. The van der Waals surface area contributed by atoms with E-state index in [0.29, 0.717) is 40.7 Å². The van der Waals surface area contributed by atoms with Crippen molar-refractivity contribution in [3.05, 3.63) is 184 Å². The molecule has 620 valence electrons. The third kappa shape index (κ3) is 22.1. The van der Waals surface area contributed by atoms with Crippen LogP contribution in [0.4, 0.5) is 11.4 Å². The number of allylic oxidation sites excluding steroid dienone is 10. The predicted octanol–water partition coefficient (Wildman–Crippen LogP) is 4.17. The van der Waals surface area contributed by atoms with Gasteiger partial charge in [-0.1, -0.05) is 82.5 Å². The Morgan fingerprint density at radius 1 is 0.513 bits per heavy atom. The molecule has 0 unspecified atom stereocenters. The Morgan fingerprint density at radius 2 is 0.966 bits per heavy atom. The maximum Gasteiger partial charge on any atom is 0.303 e. The molecule has 10 N–H and O–H groups in total. The molecule has 5 aromatic rings. The third-order valence-electron chi connectivity index (χ3n) is 21.3. The number of carboxylic acid groups (broad SMARTS) is 3. The van der Waals surface area contributed by atoms with Gasteiger partial charge in [0.2, 0.25) is 35.4 Å². The van der Waals surface area contributed by atoms with Crippen LogP contribution in [0, 0.1) is 5.92 Å². The average Bonchev–Trinajstić information content (AvgIpc) is 1.70. The van der Waals surface area contributed by atoms with E-state index in [9.17, 15) is 72.9 Å². The van der Waals surface area contributed by atoms with E-state index in [1.54, 1.807) is 42.5 Å². The van der Waals surface area contributed by atoms with Gasteiger partial charge in [0.25, 0.3) is 11.8 Å². The predicted molar refractivity (Wildman–Crippen MR) is 457 cm³/mol. The van der Waals surface area contributed by atoms with Gasteiger partial charge in [-0.25, -0.2) is 9.15 Å². The third-order valence-corrected chi connectivity index (χ3v) is 30.6. The van der Waals surface area contributed by atoms with Crippen LogP contribution < -0.4 is 73.3 Å². The molecular formula is C86H106N12O15S2Si2. The number of carbonyl (C=O) groups is 12. The van der Waals surface area contributed by atoms with Crippen LogP contribution in [0.2, 0.25) is 26.2 Å². The number of rotatable bonds is 38. The van der Waals surface area contributed by atoms with Gasteiger partial charge in [-0.15, -0.1) is 22.7 Å². The van der Waals surface area contributed by atoms with Crippen LogP contribution in [0.5, 0.6) is 0 Å². The van der Waals surface area contributed by atoms with E-state index in [4.69, 9.17) is 5.73 Å². The highest BCUT2D eigenvalue weighted by molar-refractivity contribution is 7.16. The molecule has 117 heavy (non-hydrogen) atoms. The number of hydrogen-bond acceptors (Lipinski definition) is 18. The van der Waals surface area contributed by atoms with E-state index >= 15 is 0 Å². The minimum Gasteiger partial charge on any atom is -0.544 e. The van der Waals surface area contributed by atoms with E-state index in [1.807, 2.05) is 138 Å². The first-order valence-corrected chi connectivity index (χ1v) is 46.7. The van der Waals surface area contributed by atoms with E-state index in [1.165, 1.54) is 0 Å². The Kier molecular flexibility index (Phi) is 30.0. The van der Waals surface area contributed by atoms with Gasteiger partial charge in [-0.3, -0.25) is 47.9 Å². The Hall–Kier alpha value is -11.3. The lowest BCUT2D eigenvalue weighted by molar-refractivity contribution is -0.462. The molecule has 4 heterocycles. The second-order valence-electron chi connectivity index (χ2n) is 32.0. The molecule has 0 saturated heterocycles. The minimum atomic E-state index is -2.41. The lowest BCUT2D eigenvalue weighted by Crippen LogP contribution is -2.55. The highest BCUT2D eigenvalue weighted by atomic mass is 32.1. The molecule has 31 heteroatoms. The zero-order chi connectivity index (χ0) is 85.7. The number of amides is 8. The Labute approximate surface area is 692 Å². The summed E-state index contributed by atoms with van der Waals surface area (Å²) in [4.78, 5) is 165. The lowest BCUT2D eigenvalue weighted by Gasteiger charge is -2.38. The van der Waals surface area contributed by atoms with Crippen molar-refractivity contribution in [2.24, 2.45) is 11.7 Å². The maximum atomic E-state index is 14.4. The van der Waals surface area contributed by atoms with E-state index < -0.39 is 131 Å². The Balaban J connectivity index is 0.782. The van der Waals surface area contributed by atoms with Crippen LogP contribution in [0.3, 0.4) is 0 Å². The number of carboxylic acids is 3. The first-order valence-electron chi connectivity index (χ1n) is 39.1. The van der Waals surface area contributed by atoms with E-state index in [2.05, 4.69) is 87.7 Å². The summed E-state index contributed by atoms with van der Waals surface area (Å²) in [6.07, 6.45) is 11.8. The van der Waals surface area contributed by atoms with Crippen LogP contribution >= 0.6 is 22.7 Å². The summed E-state index contributed by atoms with van der Waals surface area (Å²) in [6, 6.07) is 19.3. The fourth-order valence-corrected chi connectivity index (χ4v) is 22.9. The highest BCUT2D eigenvalue weighted by Gasteiger charge is 2.44. The van der Waals surface area contributed by atoms with Crippen molar-refractivity contribution in [1.29, 1.82) is 0 Å². The van der Waals surface area contributed by atoms with Gasteiger partial charge in [0.05, 0.1) is 50.5 Å². The molecule has 4 atom stereocenters. The van der Waals surface area contributed by atoms with Crippen LogP contribution in [0.25, 0.3) is 11.1 Å². The van der Waals surface area contributed by atoms with Gasteiger partial charge in [0, 0.05) is 114 Å². The number of anilines is 2. The number of hydrogen-bond donors (Lipinski definition) is 9. The summed E-state index contributed by atoms with van der Waals surface area (Å²) < 4.78 is 4.04. The number of nitrogens with two attached hydrogens (primary N) is 1. The van der Waals surface area contributed by atoms with Crippen molar-refractivity contribution in [3.63, 3.8) is 0 Å². The molecule has 2 aliphatic heterocycles. The van der Waals surface area contributed by atoms with Gasteiger partial charge in [0.15, 0.2) is 17.2 Å². The van der Waals surface area contributed by atoms with Crippen LogP contribution in [-0.4, -0.2) is 213 Å². The van der Waals surface area contributed by atoms with Crippen LogP contribution in [0.15, 0.2) is 137 Å². The van der Waals surface area contributed by atoms with Crippen molar-refractivity contribution in [3.8, 4) is 0 Å². The molecule has 0 fully saturated rings. The van der Waals surface area contributed by atoms with Crippen molar-refractivity contribution >= 4 is 154 Å². The second kappa shape index (κ2) is 39.1. The monoisotopic (exact) mass is 1670 g/mol. The number of ketones is 1. The molecule has 9 rings (SSSR count). The summed E-state index contributed by atoms with van der Waals surface area (Å²) in [5.74, 6) is -10.5. The number of primary amides is 1. The minimum absolute atomic E-state index is 0.0364. The fourth-order valence-electron chi connectivity index (χ4n) is 14.9. The number of nitrogens with one attached hydrogen (secondary N) is 7. The first-order chi connectivity index (χ1) is 55.3. The number of benzene rings is 3. The number of nitrogens with zero attached hydrogens (tertiary/aromatic N) is 4. The average molecular weight is 1670 g/mol. The second-order valence-corrected chi connectivity index (χ2v) is 42.8. The summed E-state index contributed by atoms with van der Waals surface area (Å²) in [5.41, 5.74) is 16.0. The Morgan fingerprint density at radius 3 is 1.40 bits per heavy atom. The van der Waals surface area contributed by atoms with Crippen LogP contribution in [0.1, 0.15) is 151 Å². The molecule has 0 spiro atoms. The number of unbranched alkanes of at least 4 members (excludes halogenated alkanes) is 2. The van der Waals surface area contributed by atoms with E-state index in [-0.39, 0.29) is 89.9 Å². The topological polar surface area (TPSA) is 394 Å². The molecule has 27 nitrogen and oxygen atoms in total. The van der Waals surface area contributed by atoms with Gasteiger partial charge in [0.1, 0.15) is 62.5 Å². The quantitative estimate of drug-likeness (QED) is 0.0152. The summed E-state index contributed by atoms with van der Waals surface area (Å²) in [5, 5.41) is 58.5. The summed E-state index contributed by atoms with van der Waals surface area (Å²) in [7, 11) is 10.9. The van der Waals surface area contributed by atoms with Gasteiger partial charge in [-0.05, 0) is 159 Å². The number of carbonyl (C=O) groups excluding carboxylic acids is 11. The Bertz CT molecular complexity index is 5050. The normalized spacial score (nSPS) is 15.1. The molecule has 4 aliphatic rings. The molecule has 2 aromatic heterocycles. The van der Waals surface area contributed by atoms with Gasteiger partial charge in [-0.2, -0.15) is 0 Å². The van der Waals surface area contributed by atoms with Crippen molar-refractivity contribution in [2.75, 3.05) is 85.8 Å². The number of aliphatic carboxylic acids is 1. The molecule has 3 aromatic carbocycles. The maximum absolute atomic E-state index is 14.4. The molecule has 2 aliphatic carbocycles. The standard InChI is InChI=1S/C86H106N12O15S2Si2/c1-49(2)40-63(65(99)34-35-72(100)91-61(80(87)105)24-18-20-38-88-83(108)66-46-59(78(114-66)85(110)111)76-55-30-26-51(95(3)4)42-68(55)116(11,12)69-43-52(96(5)6)27-31-56(69)76)94-82(107)64(41-50-22-16-15-17-23-50)93-74(102)48-90-81(106)62(92-73(101)36-37-75(103)104)25-19-21-39-89-84(109)67-47-60(79(115-67)86(112)113)77-57-32-28-53(97(7)8)44-70(57)117(13,14)71-45-54(98(9)10)29-33-58(71)77/h15-17,22-23,26-33,42-47,49,61-64H,18-21,24-25,34-41,48H2,1-14H3,(H10-2,87,88,89,90,91,92,93,94,100,101,102,103,104,105,106,107,108,109,110,111,112,113)/t61-,62-,63-,64-/m1/s1. The van der Waals surface area contributed by atoms with E-state index in [0.717, 1.165) is 88.5 Å². The number of aromatic carboxylic acids is 2. The van der Waals surface area contributed by atoms with Crippen molar-refractivity contribution in [2.45, 2.75) is 141 Å².